The lowest BCUT2D eigenvalue weighted by Gasteiger charge is -2.09. The number of hydrogen-bond donors (Lipinski definition) is 1. The molecule has 0 saturated carbocycles. The van der Waals surface area contributed by atoms with Gasteiger partial charge >= 0.3 is 6.18 Å². The molecule has 0 spiro atoms. The van der Waals surface area contributed by atoms with Crippen LogP contribution in [-0.2, 0) is 6.18 Å². The first kappa shape index (κ1) is 9.76. The van der Waals surface area contributed by atoms with Gasteiger partial charge in [-0.1, -0.05) is 6.07 Å². The van der Waals surface area contributed by atoms with E-state index in [1.54, 1.807) is 0 Å². The molecular formula is C10H7F3N2. The van der Waals surface area contributed by atoms with Gasteiger partial charge in [0.05, 0.1) is 11.1 Å². The van der Waals surface area contributed by atoms with Gasteiger partial charge in [-0.15, -0.1) is 0 Å². The highest BCUT2D eigenvalue weighted by atomic mass is 19.4. The minimum atomic E-state index is -4.36. The standard InChI is InChI=1S/C10H7F3N2/c11-10(12,13)8-3-4-15-9-5-6(14)1-2-7(8)9/h1-5H,14H2. The van der Waals surface area contributed by atoms with Gasteiger partial charge in [0, 0.05) is 17.3 Å². The first-order valence-corrected chi connectivity index (χ1v) is 4.20. The normalized spacial score (nSPS) is 11.9. The molecule has 2 rings (SSSR count). The number of pyridine rings is 1. The van der Waals surface area contributed by atoms with E-state index < -0.39 is 11.7 Å². The van der Waals surface area contributed by atoms with Crippen LogP contribution >= 0.6 is 0 Å². The molecule has 0 aliphatic carbocycles. The molecular weight excluding hydrogens is 205 g/mol. The van der Waals surface area contributed by atoms with Crippen LogP contribution in [0.4, 0.5) is 18.9 Å². The summed E-state index contributed by atoms with van der Waals surface area (Å²) >= 11 is 0. The Morgan fingerprint density at radius 1 is 1.13 bits per heavy atom. The van der Waals surface area contributed by atoms with Crippen LogP contribution in [-0.4, -0.2) is 4.98 Å². The van der Waals surface area contributed by atoms with Gasteiger partial charge in [0.15, 0.2) is 0 Å². The number of hydrogen-bond acceptors (Lipinski definition) is 2. The largest absolute Gasteiger partial charge is 0.417 e. The zero-order valence-electron chi connectivity index (χ0n) is 7.55. The SMILES string of the molecule is Nc1ccc2c(C(F)(F)F)ccnc2c1. The van der Waals surface area contributed by atoms with E-state index >= 15 is 0 Å². The molecule has 0 radical (unpaired) electrons. The van der Waals surface area contributed by atoms with Gasteiger partial charge in [-0.2, -0.15) is 13.2 Å². The van der Waals surface area contributed by atoms with Crippen LogP contribution in [0.15, 0.2) is 30.5 Å². The third kappa shape index (κ3) is 1.72. The fourth-order valence-electron chi connectivity index (χ4n) is 1.41. The lowest BCUT2D eigenvalue weighted by molar-refractivity contribution is -0.136. The first-order chi connectivity index (χ1) is 6.98. The highest BCUT2D eigenvalue weighted by molar-refractivity contribution is 5.85. The van der Waals surface area contributed by atoms with E-state index in [1.807, 2.05) is 0 Å². The Morgan fingerprint density at radius 3 is 2.53 bits per heavy atom. The zero-order valence-corrected chi connectivity index (χ0v) is 7.55. The fraction of sp³-hybridized carbons (Fsp3) is 0.100. The van der Waals surface area contributed by atoms with Gasteiger partial charge in [0.25, 0.3) is 0 Å². The number of rotatable bonds is 0. The van der Waals surface area contributed by atoms with E-state index in [9.17, 15) is 13.2 Å². The summed E-state index contributed by atoms with van der Waals surface area (Å²) in [6.07, 6.45) is -3.23. The van der Waals surface area contributed by atoms with Gasteiger partial charge in [-0.25, -0.2) is 0 Å². The molecule has 0 aliphatic heterocycles. The van der Waals surface area contributed by atoms with Crippen molar-refractivity contribution in [2.45, 2.75) is 6.18 Å². The van der Waals surface area contributed by atoms with Crippen molar-refractivity contribution in [3.05, 3.63) is 36.0 Å². The molecule has 0 bridgehead atoms. The summed E-state index contributed by atoms with van der Waals surface area (Å²) in [7, 11) is 0. The third-order valence-electron chi connectivity index (χ3n) is 2.07. The molecule has 2 nitrogen and oxygen atoms in total. The van der Waals surface area contributed by atoms with E-state index in [-0.39, 0.29) is 10.9 Å². The van der Waals surface area contributed by atoms with Crippen molar-refractivity contribution in [1.29, 1.82) is 0 Å². The Hall–Kier alpha value is -1.78. The van der Waals surface area contributed by atoms with Crippen LogP contribution in [0.2, 0.25) is 0 Å². The molecule has 2 N–H and O–H groups in total. The van der Waals surface area contributed by atoms with Crippen LogP contribution in [0.1, 0.15) is 5.56 Å². The number of aromatic nitrogens is 1. The number of nitrogens with zero attached hydrogens (tertiary/aromatic N) is 1. The summed E-state index contributed by atoms with van der Waals surface area (Å²) in [6, 6.07) is 5.14. The molecule has 5 heteroatoms. The number of anilines is 1. The number of nitrogen functional groups attached to an aromatic ring is 1. The van der Waals surface area contributed by atoms with Crippen molar-refractivity contribution in [2.24, 2.45) is 0 Å². The monoisotopic (exact) mass is 212 g/mol. The summed E-state index contributed by atoms with van der Waals surface area (Å²) in [5.74, 6) is 0. The molecule has 0 unspecified atom stereocenters. The zero-order chi connectivity index (χ0) is 11.1. The molecule has 78 valence electrons. The molecule has 2 aromatic rings. The topological polar surface area (TPSA) is 38.9 Å². The Bertz CT molecular complexity index is 505. The number of halogens is 3. The Balaban J connectivity index is 2.77. The third-order valence-corrected chi connectivity index (χ3v) is 2.07. The van der Waals surface area contributed by atoms with Gasteiger partial charge in [-0.3, -0.25) is 4.98 Å². The van der Waals surface area contributed by atoms with Crippen molar-refractivity contribution in [3.8, 4) is 0 Å². The summed E-state index contributed by atoms with van der Waals surface area (Å²) in [6.45, 7) is 0. The molecule has 1 heterocycles. The number of fused-ring (bicyclic) bond motifs is 1. The smallest absolute Gasteiger partial charge is 0.399 e. The molecule has 0 aliphatic rings. The predicted octanol–water partition coefficient (Wildman–Crippen LogP) is 2.84. The summed E-state index contributed by atoms with van der Waals surface area (Å²) in [4.78, 5) is 3.84. The summed E-state index contributed by atoms with van der Waals surface area (Å²) in [5.41, 5.74) is 5.43. The van der Waals surface area contributed by atoms with E-state index in [1.165, 1.54) is 18.2 Å². The van der Waals surface area contributed by atoms with Crippen LogP contribution in [0.5, 0.6) is 0 Å². The van der Waals surface area contributed by atoms with Crippen LogP contribution in [0, 0.1) is 0 Å². The number of alkyl halides is 3. The van der Waals surface area contributed by atoms with Crippen molar-refractivity contribution in [1.82, 2.24) is 4.98 Å². The van der Waals surface area contributed by atoms with Crippen LogP contribution in [0.25, 0.3) is 10.9 Å². The highest BCUT2D eigenvalue weighted by Gasteiger charge is 2.32. The highest BCUT2D eigenvalue weighted by Crippen LogP contribution is 2.34. The average Bonchev–Trinajstić information content (AvgIpc) is 2.15. The molecule has 0 atom stereocenters. The summed E-state index contributed by atoms with van der Waals surface area (Å²) in [5, 5.41) is 0.0687. The number of benzene rings is 1. The average molecular weight is 212 g/mol. The van der Waals surface area contributed by atoms with Gasteiger partial charge in [-0.05, 0) is 18.2 Å². The second-order valence-electron chi connectivity index (χ2n) is 3.13. The van der Waals surface area contributed by atoms with Crippen LogP contribution < -0.4 is 5.73 Å². The molecule has 1 aromatic heterocycles. The molecule has 1 aromatic carbocycles. The minimum Gasteiger partial charge on any atom is -0.399 e. The number of nitrogens with two attached hydrogens (primary N) is 1. The van der Waals surface area contributed by atoms with E-state index in [0.29, 0.717) is 5.69 Å². The molecule has 15 heavy (non-hydrogen) atoms. The predicted molar refractivity (Wildman–Crippen MR) is 51.2 cm³/mol. The van der Waals surface area contributed by atoms with Crippen LogP contribution in [0.3, 0.4) is 0 Å². The second-order valence-corrected chi connectivity index (χ2v) is 3.13. The summed E-state index contributed by atoms with van der Waals surface area (Å²) < 4.78 is 37.7. The molecule has 0 fully saturated rings. The first-order valence-electron chi connectivity index (χ1n) is 4.20. The second kappa shape index (κ2) is 3.12. The fourth-order valence-corrected chi connectivity index (χ4v) is 1.41. The minimum absolute atomic E-state index is 0.0687. The van der Waals surface area contributed by atoms with E-state index in [2.05, 4.69) is 4.98 Å². The Labute approximate surface area is 83.5 Å². The maximum atomic E-state index is 12.6. The molecule has 0 saturated heterocycles. The lowest BCUT2D eigenvalue weighted by Crippen LogP contribution is -2.06. The van der Waals surface area contributed by atoms with Crippen molar-refractivity contribution in [3.63, 3.8) is 0 Å². The Morgan fingerprint density at radius 2 is 1.87 bits per heavy atom. The van der Waals surface area contributed by atoms with Gasteiger partial charge in [0.2, 0.25) is 0 Å². The van der Waals surface area contributed by atoms with Gasteiger partial charge < -0.3 is 5.73 Å². The van der Waals surface area contributed by atoms with Crippen molar-refractivity contribution in [2.75, 3.05) is 5.73 Å². The lowest BCUT2D eigenvalue weighted by atomic mass is 10.1. The van der Waals surface area contributed by atoms with E-state index in [4.69, 9.17) is 5.73 Å². The van der Waals surface area contributed by atoms with Crippen molar-refractivity contribution < 1.29 is 13.2 Å². The maximum Gasteiger partial charge on any atom is 0.417 e. The van der Waals surface area contributed by atoms with E-state index in [0.717, 1.165) is 12.3 Å². The Kier molecular flexibility index (Phi) is 2.03. The van der Waals surface area contributed by atoms with Gasteiger partial charge in [0.1, 0.15) is 0 Å². The van der Waals surface area contributed by atoms with Crippen molar-refractivity contribution >= 4 is 16.6 Å². The quantitative estimate of drug-likeness (QED) is 0.682. The molecule has 0 amide bonds. The maximum absolute atomic E-state index is 12.6.